The van der Waals surface area contributed by atoms with Crippen molar-refractivity contribution >= 4 is 6.29 Å². The van der Waals surface area contributed by atoms with E-state index in [-0.39, 0.29) is 5.75 Å². The van der Waals surface area contributed by atoms with Crippen LogP contribution in [0.25, 0.3) is 0 Å². The molecule has 0 spiro atoms. The molecule has 3 nitrogen and oxygen atoms in total. The lowest BCUT2D eigenvalue weighted by Gasteiger charge is -2.09. The van der Waals surface area contributed by atoms with Crippen molar-refractivity contribution < 1.29 is 9.90 Å². The van der Waals surface area contributed by atoms with E-state index in [9.17, 15) is 9.90 Å². The Hall–Kier alpha value is -1.35. The van der Waals surface area contributed by atoms with E-state index < -0.39 is 0 Å². The first kappa shape index (κ1) is 9.74. The van der Waals surface area contributed by atoms with Gasteiger partial charge in [0.2, 0.25) is 0 Å². The maximum Gasteiger partial charge on any atom is 0.153 e. The number of aldehydes is 1. The highest BCUT2D eigenvalue weighted by atomic mass is 16.3. The van der Waals surface area contributed by atoms with Gasteiger partial charge in [-0.05, 0) is 31.8 Å². The van der Waals surface area contributed by atoms with Crippen molar-refractivity contribution in [1.82, 2.24) is 4.90 Å². The Morgan fingerprint density at radius 2 is 2.15 bits per heavy atom. The van der Waals surface area contributed by atoms with Crippen molar-refractivity contribution in [1.29, 1.82) is 0 Å². The number of phenolic OH excluding ortho intramolecular Hbond substituents is 1. The molecule has 1 rings (SSSR count). The van der Waals surface area contributed by atoms with Crippen LogP contribution in [0.2, 0.25) is 0 Å². The van der Waals surface area contributed by atoms with Crippen molar-refractivity contribution in [2.45, 2.75) is 6.54 Å². The van der Waals surface area contributed by atoms with Gasteiger partial charge in [0.05, 0.1) is 5.56 Å². The second-order valence-electron chi connectivity index (χ2n) is 3.25. The number of nitrogens with zero attached hydrogens (tertiary/aromatic N) is 1. The molecule has 0 atom stereocenters. The zero-order valence-electron chi connectivity index (χ0n) is 7.82. The molecule has 13 heavy (non-hydrogen) atoms. The van der Waals surface area contributed by atoms with Gasteiger partial charge in [0.1, 0.15) is 5.75 Å². The quantitative estimate of drug-likeness (QED) is 0.710. The molecule has 0 aliphatic rings. The summed E-state index contributed by atoms with van der Waals surface area (Å²) in [6.45, 7) is 0.765. The molecule has 70 valence electrons. The highest BCUT2D eigenvalue weighted by Gasteiger charge is 2.01. The minimum absolute atomic E-state index is 0.0394. The van der Waals surface area contributed by atoms with Gasteiger partial charge in [-0.2, -0.15) is 0 Å². The number of rotatable bonds is 3. The van der Waals surface area contributed by atoms with Crippen molar-refractivity contribution in [2.75, 3.05) is 14.1 Å². The highest BCUT2D eigenvalue weighted by molar-refractivity contribution is 5.79. The zero-order valence-corrected chi connectivity index (χ0v) is 7.82. The molecule has 0 fully saturated rings. The first-order chi connectivity index (χ1) is 6.13. The topological polar surface area (TPSA) is 40.5 Å². The molecule has 0 saturated carbocycles. The van der Waals surface area contributed by atoms with Gasteiger partial charge in [-0.3, -0.25) is 4.79 Å². The maximum absolute atomic E-state index is 10.5. The van der Waals surface area contributed by atoms with Crippen LogP contribution in [0, 0.1) is 0 Å². The third kappa shape index (κ3) is 2.56. The molecule has 0 aliphatic carbocycles. The molecule has 0 aliphatic heterocycles. The molecular weight excluding hydrogens is 166 g/mol. The van der Waals surface area contributed by atoms with Crippen molar-refractivity contribution in [3.63, 3.8) is 0 Å². The summed E-state index contributed by atoms with van der Waals surface area (Å²) in [4.78, 5) is 12.5. The molecular formula is C10H13NO2. The van der Waals surface area contributed by atoms with Crippen LogP contribution in [0.1, 0.15) is 15.9 Å². The number of benzene rings is 1. The third-order valence-corrected chi connectivity index (χ3v) is 1.72. The van der Waals surface area contributed by atoms with Gasteiger partial charge < -0.3 is 10.0 Å². The molecule has 0 radical (unpaired) electrons. The van der Waals surface area contributed by atoms with Crippen LogP contribution in [0.15, 0.2) is 18.2 Å². The van der Waals surface area contributed by atoms with E-state index in [1.165, 1.54) is 0 Å². The molecule has 0 unspecified atom stereocenters. The fourth-order valence-corrected chi connectivity index (χ4v) is 1.16. The smallest absolute Gasteiger partial charge is 0.153 e. The van der Waals surface area contributed by atoms with E-state index in [4.69, 9.17) is 0 Å². The summed E-state index contributed by atoms with van der Waals surface area (Å²) in [5, 5.41) is 9.22. The lowest BCUT2D eigenvalue weighted by atomic mass is 10.1. The third-order valence-electron chi connectivity index (χ3n) is 1.72. The van der Waals surface area contributed by atoms with Gasteiger partial charge in [-0.15, -0.1) is 0 Å². The van der Waals surface area contributed by atoms with Crippen LogP contribution >= 0.6 is 0 Å². The van der Waals surface area contributed by atoms with Crippen LogP contribution in [0.3, 0.4) is 0 Å². The number of carbonyl (C=O) groups is 1. The number of hydrogen-bond acceptors (Lipinski definition) is 3. The Bertz CT molecular complexity index is 308. The van der Waals surface area contributed by atoms with Crippen LogP contribution in [0.5, 0.6) is 5.75 Å². The molecule has 1 aromatic rings. The van der Waals surface area contributed by atoms with E-state index in [0.29, 0.717) is 11.8 Å². The summed E-state index contributed by atoms with van der Waals surface area (Å²) in [5.41, 5.74) is 1.37. The Morgan fingerprint density at radius 3 is 2.69 bits per heavy atom. The number of carbonyl (C=O) groups excluding carboxylic acids is 1. The zero-order chi connectivity index (χ0) is 9.84. The van der Waals surface area contributed by atoms with E-state index in [1.54, 1.807) is 12.1 Å². The number of aromatic hydroxyl groups is 1. The van der Waals surface area contributed by atoms with Gasteiger partial charge >= 0.3 is 0 Å². The molecule has 1 N–H and O–H groups in total. The van der Waals surface area contributed by atoms with Gasteiger partial charge in [0, 0.05) is 6.54 Å². The lowest BCUT2D eigenvalue weighted by Crippen LogP contribution is -2.10. The average molecular weight is 179 g/mol. The fourth-order valence-electron chi connectivity index (χ4n) is 1.16. The monoisotopic (exact) mass is 179 g/mol. The normalized spacial score (nSPS) is 10.4. The summed E-state index contributed by atoms with van der Waals surface area (Å²) >= 11 is 0. The highest BCUT2D eigenvalue weighted by Crippen LogP contribution is 2.16. The van der Waals surface area contributed by atoms with Crippen molar-refractivity contribution in [3.8, 4) is 5.75 Å². The molecule has 0 aromatic heterocycles. The second-order valence-corrected chi connectivity index (χ2v) is 3.25. The van der Waals surface area contributed by atoms with Crippen molar-refractivity contribution in [3.05, 3.63) is 29.3 Å². The Morgan fingerprint density at radius 1 is 1.46 bits per heavy atom. The number of phenols is 1. The molecule has 0 heterocycles. The Kier molecular flexibility index (Phi) is 3.03. The molecule has 0 amide bonds. The molecule has 1 aromatic carbocycles. The lowest BCUT2D eigenvalue weighted by molar-refractivity contribution is 0.112. The summed E-state index contributed by atoms with van der Waals surface area (Å²) < 4.78 is 0. The first-order valence-electron chi connectivity index (χ1n) is 4.05. The molecule has 3 heteroatoms. The average Bonchev–Trinajstić information content (AvgIpc) is 2.07. The van der Waals surface area contributed by atoms with Crippen LogP contribution in [-0.4, -0.2) is 30.4 Å². The van der Waals surface area contributed by atoms with Crippen LogP contribution < -0.4 is 0 Å². The minimum atomic E-state index is 0.0394. The van der Waals surface area contributed by atoms with Gasteiger partial charge in [0.15, 0.2) is 6.29 Å². The fraction of sp³-hybridized carbons (Fsp3) is 0.300. The predicted octanol–water partition coefficient (Wildman–Crippen LogP) is 1.27. The molecule has 0 saturated heterocycles. The predicted molar refractivity (Wildman–Crippen MR) is 50.9 cm³/mol. The summed E-state index contributed by atoms with van der Waals surface area (Å²) in [6.07, 6.45) is 0.661. The second kappa shape index (κ2) is 4.05. The standard InChI is InChI=1S/C10H13NO2/c1-11(2)6-8-3-4-10(13)9(5-8)7-12/h3-5,7,13H,6H2,1-2H3. The van der Waals surface area contributed by atoms with Gasteiger partial charge in [0.25, 0.3) is 0 Å². The maximum atomic E-state index is 10.5. The van der Waals surface area contributed by atoms with E-state index in [1.807, 2.05) is 25.1 Å². The van der Waals surface area contributed by atoms with Crippen LogP contribution in [0.4, 0.5) is 0 Å². The van der Waals surface area contributed by atoms with Crippen molar-refractivity contribution in [2.24, 2.45) is 0 Å². The van der Waals surface area contributed by atoms with E-state index in [0.717, 1.165) is 12.1 Å². The van der Waals surface area contributed by atoms with E-state index >= 15 is 0 Å². The Balaban J connectivity index is 2.92. The summed E-state index contributed by atoms with van der Waals surface area (Å²) in [5.74, 6) is 0.0394. The largest absolute Gasteiger partial charge is 0.507 e. The van der Waals surface area contributed by atoms with Crippen LogP contribution in [-0.2, 0) is 6.54 Å². The summed E-state index contributed by atoms with van der Waals surface area (Å²) in [7, 11) is 3.90. The summed E-state index contributed by atoms with van der Waals surface area (Å²) in [6, 6.07) is 5.05. The van der Waals surface area contributed by atoms with Gasteiger partial charge in [-0.25, -0.2) is 0 Å². The SMILES string of the molecule is CN(C)Cc1ccc(O)c(C=O)c1. The van der Waals surface area contributed by atoms with Gasteiger partial charge in [-0.1, -0.05) is 6.07 Å². The molecule has 0 bridgehead atoms. The first-order valence-corrected chi connectivity index (χ1v) is 4.05. The van der Waals surface area contributed by atoms with E-state index in [2.05, 4.69) is 0 Å². The minimum Gasteiger partial charge on any atom is -0.507 e. The number of hydrogen-bond donors (Lipinski definition) is 1. The Labute approximate surface area is 77.6 Å².